The second kappa shape index (κ2) is 4.80. The second-order valence-electron chi connectivity index (χ2n) is 3.95. The normalized spacial score (nSPS) is 12.8. The molecular weight excluding hydrogens is 302 g/mol. The maximum absolute atomic E-state index is 6.26. The SMILES string of the molecule is Cc1cc(C(N)c2c(Cl)cccc2Br)n(C)n1. The minimum Gasteiger partial charge on any atom is -0.319 e. The lowest BCUT2D eigenvalue weighted by Crippen LogP contribution is -2.16. The zero-order valence-corrected chi connectivity index (χ0v) is 12.0. The van der Waals surface area contributed by atoms with E-state index in [0.29, 0.717) is 5.02 Å². The molecule has 0 aliphatic carbocycles. The third-order valence-electron chi connectivity index (χ3n) is 2.67. The Morgan fingerprint density at radius 3 is 2.71 bits per heavy atom. The third-order valence-corrected chi connectivity index (χ3v) is 3.69. The fourth-order valence-electron chi connectivity index (χ4n) is 1.88. The van der Waals surface area contributed by atoms with Crippen LogP contribution in [0.4, 0.5) is 0 Å². The highest BCUT2D eigenvalue weighted by molar-refractivity contribution is 9.10. The van der Waals surface area contributed by atoms with E-state index < -0.39 is 0 Å². The molecule has 1 aromatic carbocycles. The van der Waals surface area contributed by atoms with Crippen molar-refractivity contribution in [3.63, 3.8) is 0 Å². The van der Waals surface area contributed by atoms with Gasteiger partial charge in [0, 0.05) is 22.1 Å². The summed E-state index contributed by atoms with van der Waals surface area (Å²) in [5.74, 6) is 0. The van der Waals surface area contributed by atoms with Crippen LogP contribution in [0.2, 0.25) is 5.02 Å². The highest BCUT2D eigenvalue weighted by Gasteiger charge is 2.18. The van der Waals surface area contributed by atoms with Crippen LogP contribution in [0.15, 0.2) is 28.7 Å². The first-order chi connectivity index (χ1) is 8.00. The molecule has 0 saturated heterocycles. The molecule has 5 heteroatoms. The molecule has 90 valence electrons. The van der Waals surface area contributed by atoms with Gasteiger partial charge in [0.2, 0.25) is 0 Å². The second-order valence-corrected chi connectivity index (χ2v) is 5.21. The van der Waals surface area contributed by atoms with Crippen LogP contribution in [0.5, 0.6) is 0 Å². The van der Waals surface area contributed by atoms with Crippen molar-refractivity contribution in [3.05, 3.63) is 50.7 Å². The topological polar surface area (TPSA) is 43.8 Å². The summed E-state index contributed by atoms with van der Waals surface area (Å²) in [4.78, 5) is 0. The lowest BCUT2D eigenvalue weighted by molar-refractivity contribution is 0.668. The average Bonchev–Trinajstić information content (AvgIpc) is 2.57. The van der Waals surface area contributed by atoms with Crippen LogP contribution in [0.3, 0.4) is 0 Å². The zero-order chi connectivity index (χ0) is 12.6. The molecule has 0 aliphatic heterocycles. The van der Waals surface area contributed by atoms with Gasteiger partial charge in [-0.25, -0.2) is 0 Å². The van der Waals surface area contributed by atoms with E-state index in [-0.39, 0.29) is 6.04 Å². The number of halogens is 2. The van der Waals surface area contributed by atoms with Gasteiger partial charge >= 0.3 is 0 Å². The Bertz CT molecular complexity index is 530. The molecule has 1 atom stereocenters. The summed E-state index contributed by atoms with van der Waals surface area (Å²) in [5, 5.41) is 4.95. The number of aromatic nitrogens is 2. The van der Waals surface area contributed by atoms with Crippen molar-refractivity contribution in [3.8, 4) is 0 Å². The molecule has 0 fully saturated rings. The number of hydrogen-bond donors (Lipinski definition) is 1. The van der Waals surface area contributed by atoms with Gasteiger partial charge in [0.15, 0.2) is 0 Å². The van der Waals surface area contributed by atoms with E-state index >= 15 is 0 Å². The first-order valence-corrected chi connectivity index (χ1v) is 6.38. The van der Waals surface area contributed by atoms with Gasteiger partial charge in [-0.15, -0.1) is 0 Å². The van der Waals surface area contributed by atoms with Gasteiger partial charge in [-0.1, -0.05) is 33.6 Å². The number of hydrogen-bond acceptors (Lipinski definition) is 2. The Morgan fingerprint density at radius 1 is 1.47 bits per heavy atom. The van der Waals surface area contributed by atoms with Crippen LogP contribution in [0.1, 0.15) is 23.0 Å². The Balaban J connectivity index is 2.51. The smallest absolute Gasteiger partial charge is 0.0748 e. The summed E-state index contributed by atoms with van der Waals surface area (Å²) >= 11 is 9.68. The average molecular weight is 315 g/mol. The molecule has 1 unspecified atom stereocenters. The Morgan fingerprint density at radius 2 is 2.18 bits per heavy atom. The van der Waals surface area contributed by atoms with Gasteiger partial charge in [0.1, 0.15) is 0 Å². The Hall–Kier alpha value is -0.840. The largest absolute Gasteiger partial charge is 0.319 e. The Kier molecular flexibility index (Phi) is 3.56. The molecule has 2 N–H and O–H groups in total. The summed E-state index contributed by atoms with van der Waals surface area (Å²) < 4.78 is 2.70. The molecule has 0 bridgehead atoms. The molecule has 2 aromatic rings. The third kappa shape index (κ3) is 2.39. The number of nitrogens with zero attached hydrogens (tertiary/aromatic N) is 2. The first-order valence-electron chi connectivity index (χ1n) is 5.20. The summed E-state index contributed by atoms with van der Waals surface area (Å²) in [6.45, 7) is 1.94. The predicted molar refractivity (Wildman–Crippen MR) is 73.1 cm³/mol. The molecule has 1 aromatic heterocycles. The summed E-state index contributed by atoms with van der Waals surface area (Å²) in [5.41, 5.74) is 9.03. The van der Waals surface area contributed by atoms with Gasteiger partial charge in [0.05, 0.1) is 17.4 Å². The van der Waals surface area contributed by atoms with Crippen LogP contribution >= 0.6 is 27.5 Å². The van der Waals surface area contributed by atoms with Crippen LogP contribution in [-0.2, 0) is 7.05 Å². The standard InChI is InChI=1S/C12H13BrClN3/c1-7-6-10(17(2)16-7)12(15)11-8(13)4-3-5-9(11)14/h3-6,12H,15H2,1-2H3. The number of aryl methyl sites for hydroxylation is 2. The van der Waals surface area contributed by atoms with Gasteiger partial charge in [0.25, 0.3) is 0 Å². The maximum atomic E-state index is 6.26. The van der Waals surface area contributed by atoms with Crippen LogP contribution in [0.25, 0.3) is 0 Å². The van der Waals surface area contributed by atoms with Crippen LogP contribution < -0.4 is 5.73 Å². The summed E-state index contributed by atoms with van der Waals surface area (Å²) in [6.07, 6.45) is 0. The molecule has 2 rings (SSSR count). The molecule has 0 spiro atoms. The Labute approximate surface area is 114 Å². The number of benzene rings is 1. The minimum absolute atomic E-state index is 0.288. The van der Waals surface area contributed by atoms with Crippen molar-refractivity contribution < 1.29 is 0 Å². The number of rotatable bonds is 2. The van der Waals surface area contributed by atoms with Crippen LogP contribution in [-0.4, -0.2) is 9.78 Å². The molecule has 0 amide bonds. The van der Waals surface area contributed by atoms with E-state index in [1.807, 2.05) is 38.2 Å². The molecule has 1 heterocycles. The summed E-state index contributed by atoms with van der Waals surface area (Å²) in [6, 6.07) is 7.34. The highest BCUT2D eigenvalue weighted by atomic mass is 79.9. The van der Waals surface area contributed by atoms with E-state index in [1.54, 1.807) is 4.68 Å². The molecule has 0 aliphatic rings. The van der Waals surface area contributed by atoms with E-state index in [9.17, 15) is 0 Å². The van der Waals surface area contributed by atoms with Crippen molar-refractivity contribution in [2.24, 2.45) is 12.8 Å². The monoisotopic (exact) mass is 313 g/mol. The highest BCUT2D eigenvalue weighted by Crippen LogP contribution is 2.32. The molecular formula is C12H13BrClN3. The number of nitrogens with two attached hydrogens (primary N) is 1. The van der Waals surface area contributed by atoms with Crippen molar-refractivity contribution >= 4 is 27.5 Å². The zero-order valence-electron chi connectivity index (χ0n) is 9.61. The minimum atomic E-state index is -0.288. The maximum Gasteiger partial charge on any atom is 0.0748 e. The molecule has 17 heavy (non-hydrogen) atoms. The van der Waals surface area contributed by atoms with Crippen molar-refractivity contribution in [1.82, 2.24) is 9.78 Å². The lowest BCUT2D eigenvalue weighted by atomic mass is 10.0. The van der Waals surface area contributed by atoms with E-state index in [1.165, 1.54) is 0 Å². The van der Waals surface area contributed by atoms with Crippen molar-refractivity contribution in [2.75, 3.05) is 0 Å². The van der Waals surface area contributed by atoms with Gasteiger partial charge in [-0.05, 0) is 25.1 Å². The molecule has 0 saturated carbocycles. The van der Waals surface area contributed by atoms with Crippen molar-refractivity contribution in [2.45, 2.75) is 13.0 Å². The van der Waals surface area contributed by atoms with E-state index in [0.717, 1.165) is 21.4 Å². The van der Waals surface area contributed by atoms with Crippen LogP contribution in [0, 0.1) is 6.92 Å². The van der Waals surface area contributed by atoms with Gasteiger partial charge < -0.3 is 5.73 Å². The summed E-state index contributed by atoms with van der Waals surface area (Å²) in [7, 11) is 1.88. The fourth-order valence-corrected chi connectivity index (χ4v) is 2.90. The fraction of sp³-hybridized carbons (Fsp3) is 0.250. The van der Waals surface area contributed by atoms with E-state index in [2.05, 4.69) is 21.0 Å². The molecule has 0 radical (unpaired) electrons. The van der Waals surface area contributed by atoms with Gasteiger partial charge in [-0.3, -0.25) is 4.68 Å². The quantitative estimate of drug-likeness (QED) is 0.925. The molecule has 3 nitrogen and oxygen atoms in total. The first kappa shape index (κ1) is 12.6. The van der Waals surface area contributed by atoms with E-state index in [4.69, 9.17) is 17.3 Å². The predicted octanol–water partition coefficient (Wildman–Crippen LogP) is 3.19. The lowest BCUT2D eigenvalue weighted by Gasteiger charge is -2.15. The van der Waals surface area contributed by atoms with Gasteiger partial charge in [-0.2, -0.15) is 5.10 Å². The van der Waals surface area contributed by atoms with Crippen molar-refractivity contribution in [1.29, 1.82) is 0 Å².